The van der Waals surface area contributed by atoms with Crippen LogP contribution in [0.4, 0.5) is 17.1 Å². The lowest BCUT2D eigenvalue weighted by Crippen LogP contribution is -2.37. The van der Waals surface area contributed by atoms with Crippen LogP contribution in [-0.4, -0.2) is 33.7 Å². The van der Waals surface area contributed by atoms with Gasteiger partial charge in [-0.3, -0.25) is 9.10 Å². The number of amides is 1. The van der Waals surface area contributed by atoms with Gasteiger partial charge in [0.2, 0.25) is 10.0 Å². The highest BCUT2D eigenvalue weighted by molar-refractivity contribution is 7.92. The summed E-state index contributed by atoms with van der Waals surface area (Å²) in [6, 6.07) is 11.0. The van der Waals surface area contributed by atoms with Crippen molar-refractivity contribution in [2.75, 3.05) is 34.3 Å². The summed E-state index contributed by atoms with van der Waals surface area (Å²) < 4.78 is 25.5. The van der Waals surface area contributed by atoms with E-state index in [9.17, 15) is 13.2 Å². The molecule has 0 fully saturated rings. The van der Waals surface area contributed by atoms with Gasteiger partial charge in [0.15, 0.2) is 0 Å². The van der Waals surface area contributed by atoms with Gasteiger partial charge in [-0.2, -0.15) is 0 Å². The zero-order chi connectivity index (χ0) is 19.2. The number of aryl methyl sites for hydroxylation is 1. The van der Waals surface area contributed by atoms with Gasteiger partial charge in [0.05, 0.1) is 11.9 Å². The number of sulfonamides is 1. The summed E-state index contributed by atoms with van der Waals surface area (Å²) >= 11 is 0. The van der Waals surface area contributed by atoms with Crippen LogP contribution in [0.1, 0.15) is 34.3 Å². The van der Waals surface area contributed by atoms with Gasteiger partial charge >= 0.3 is 0 Å². The zero-order valence-electron chi connectivity index (χ0n) is 15.3. The minimum absolute atomic E-state index is 0.0687. The third-order valence-corrected chi connectivity index (χ3v) is 6.51. The molecule has 2 aliphatic rings. The van der Waals surface area contributed by atoms with Gasteiger partial charge in [-0.15, -0.1) is 0 Å². The fourth-order valence-corrected chi connectivity index (χ4v) is 5.05. The molecule has 0 spiro atoms. The number of hydrogen-bond donors (Lipinski definition) is 1. The molecule has 0 saturated heterocycles. The first-order chi connectivity index (χ1) is 12.9. The summed E-state index contributed by atoms with van der Waals surface area (Å²) in [6.45, 7) is 1.14. The largest absolute Gasteiger partial charge is 0.398 e. The van der Waals surface area contributed by atoms with Crippen molar-refractivity contribution in [1.82, 2.24) is 0 Å². The predicted molar refractivity (Wildman–Crippen MR) is 108 cm³/mol. The topological polar surface area (TPSA) is 83.7 Å². The molecule has 0 unspecified atom stereocenters. The van der Waals surface area contributed by atoms with Crippen LogP contribution < -0.4 is 14.9 Å². The van der Waals surface area contributed by atoms with E-state index in [2.05, 4.69) is 0 Å². The van der Waals surface area contributed by atoms with Crippen LogP contribution in [0.25, 0.3) is 0 Å². The second kappa shape index (κ2) is 6.56. The first-order valence-corrected chi connectivity index (χ1v) is 11.0. The Hall–Kier alpha value is -2.54. The number of carbonyl (C=O) groups excluding carboxylic acids is 1. The lowest BCUT2D eigenvalue weighted by Gasteiger charge is -2.32. The van der Waals surface area contributed by atoms with Gasteiger partial charge < -0.3 is 10.6 Å². The summed E-state index contributed by atoms with van der Waals surface area (Å²) in [6.07, 6.45) is 4.49. The number of carbonyl (C=O) groups is 1. The molecule has 0 atom stereocenters. The van der Waals surface area contributed by atoms with Crippen LogP contribution in [0, 0.1) is 0 Å². The second-order valence-electron chi connectivity index (χ2n) is 7.19. The molecular formula is C20H23N3O3S. The van der Waals surface area contributed by atoms with Crippen molar-refractivity contribution in [1.29, 1.82) is 0 Å². The monoisotopic (exact) mass is 385 g/mol. The summed E-state index contributed by atoms with van der Waals surface area (Å²) in [7, 11) is -3.31. The zero-order valence-corrected chi connectivity index (χ0v) is 16.1. The predicted octanol–water partition coefficient (Wildman–Crippen LogP) is 2.57. The fourth-order valence-electron chi connectivity index (χ4n) is 4.06. The summed E-state index contributed by atoms with van der Waals surface area (Å²) in [5.74, 6) is -0.0687. The number of nitrogens with zero attached hydrogens (tertiary/aromatic N) is 2. The molecule has 2 aromatic rings. The Morgan fingerprint density at radius 2 is 1.81 bits per heavy atom. The Kier molecular flexibility index (Phi) is 4.34. The highest BCUT2D eigenvalue weighted by Gasteiger charge is 2.28. The smallest absolute Gasteiger partial charge is 0.258 e. The molecule has 0 aromatic heterocycles. The Labute approximate surface area is 159 Å². The number of rotatable bonds is 2. The highest BCUT2D eigenvalue weighted by atomic mass is 32.2. The Morgan fingerprint density at radius 1 is 1.04 bits per heavy atom. The van der Waals surface area contributed by atoms with Crippen LogP contribution >= 0.6 is 0 Å². The molecule has 0 saturated carbocycles. The molecule has 0 bridgehead atoms. The number of anilines is 3. The van der Waals surface area contributed by atoms with Crippen LogP contribution in [-0.2, 0) is 22.9 Å². The van der Waals surface area contributed by atoms with Crippen molar-refractivity contribution >= 4 is 33.0 Å². The highest BCUT2D eigenvalue weighted by Crippen LogP contribution is 2.34. The van der Waals surface area contributed by atoms with Crippen LogP contribution in [0.2, 0.25) is 0 Å². The fraction of sp³-hybridized carbons (Fsp3) is 0.350. The second-order valence-corrected chi connectivity index (χ2v) is 9.09. The normalized spacial score (nSPS) is 16.6. The quantitative estimate of drug-likeness (QED) is 0.806. The van der Waals surface area contributed by atoms with Gasteiger partial charge in [0.1, 0.15) is 0 Å². The Morgan fingerprint density at radius 3 is 2.59 bits per heavy atom. The number of nitrogens with two attached hydrogens (primary N) is 1. The first kappa shape index (κ1) is 17.9. The average Bonchev–Trinajstić information content (AvgIpc) is 2.65. The summed E-state index contributed by atoms with van der Waals surface area (Å²) in [5, 5.41) is 0. The van der Waals surface area contributed by atoms with Crippen molar-refractivity contribution in [3.05, 3.63) is 53.1 Å². The van der Waals surface area contributed by atoms with Gasteiger partial charge in [0, 0.05) is 30.0 Å². The maximum atomic E-state index is 13.2. The van der Waals surface area contributed by atoms with E-state index in [-0.39, 0.29) is 5.91 Å². The summed E-state index contributed by atoms with van der Waals surface area (Å²) in [4.78, 5) is 15.0. The number of hydrogen-bond acceptors (Lipinski definition) is 4. The van der Waals surface area contributed by atoms with E-state index in [4.69, 9.17) is 5.73 Å². The molecule has 0 radical (unpaired) electrons. The standard InChI is InChI=1S/C20H23N3O3S/c1-27(25,26)23-12-3-5-14-13-15(9-10-18(14)23)20(24)22-11-4-6-16-17(21)7-2-8-19(16)22/h2,7-10,13H,3-6,11-12,21H2,1H3. The van der Waals surface area contributed by atoms with Crippen molar-refractivity contribution in [2.45, 2.75) is 25.7 Å². The maximum Gasteiger partial charge on any atom is 0.258 e. The van der Waals surface area contributed by atoms with E-state index in [1.165, 1.54) is 10.6 Å². The average molecular weight is 385 g/mol. The molecule has 6 nitrogen and oxygen atoms in total. The third-order valence-electron chi connectivity index (χ3n) is 5.33. The van der Waals surface area contributed by atoms with E-state index in [0.717, 1.165) is 48.2 Å². The van der Waals surface area contributed by atoms with E-state index in [1.54, 1.807) is 17.0 Å². The Bertz CT molecular complexity index is 1020. The number of fused-ring (bicyclic) bond motifs is 2. The molecule has 2 aliphatic heterocycles. The molecule has 27 heavy (non-hydrogen) atoms. The van der Waals surface area contributed by atoms with Crippen molar-refractivity contribution < 1.29 is 13.2 Å². The first-order valence-electron chi connectivity index (χ1n) is 9.16. The van der Waals surface area contributed by atoms with E-state index >= 15 is 0 Å². The van der Waals surface area contributed by atoms with Gasteiger partial charge in [0.25, 0.3) is 5.91 Å². The van der Waals surface area contributed by atoms with Crippen LogP contribution in [0.15, 0.2) is 36.4 Å². The van der Waals surface area contributed by atoms with Crippen LogP contribution in [0.3, 0.4) is 0 Å². The maximum absolute atomic E-state index is 13.2. The van der Waals surface area contributed by atoms with E-state index < -0.39 is 10.0 Å². The summed E-state index contributed by atoms with van der Waals surface area (Å²) in [5.41, 5.74) is 10.9. The number of benzene rings is 2. The minimum atomic E-state index is -3.31. The molecule has 2 heterocycles. The lowest BCUT2D eigenvalue weighted by atomic mass is 9.97. The molecule has 2 N–H and O–H groups in total. The molecule has 1 amide bonds. The van der Waals surface area contributed by atoms with Crippen molar-refractivity contribution in [3.8, 4) is 0 Å². The molecule has 7 heteroatoms. The molecule has 0 aliphatic carbocycles. The van der Waals surface area contributed by atoms with E-state index in [0.29, 0.717) is 24.3 Å². The van der Waals surface area contributed by atoms with Crippen molar-refractivity contribution in [3.63, 3.8) is 0 Å². The van der Waals surface area contributed by atoms with Gasteiger partial charge in [-0.1, -0.05) is 6.07 Å². The molecular weight excluding hydrogens is 362 g/mol. The van der Waals surface area contributed by atoms with Gasteiger partial charge in [-0.05, 0) is 67.1 Å². The molecule has 142 valence electrons. The van der Waals surface area contributed by atoms with Crippen molar-refractivity contribution in [2.24, 2.45) is 0 Å². The van der Waals surface area contributed by atoms with E-state index in [1.807, 2.05) is 24.3 Å². The molecule has 4 rings (SSSR count). The molecule has 2 aromatic carbocycles. The van der Waals surface area contributed by atoms with Crippen LogP contribution in [0.5, 0.6) is 0 Å². The Balaban J connectivity index is 1.70. The third kappa shape index (κ3) is 3.16. The minimum Gasteiger partial charge on any atom is -0.398 e. The SMILES string of the molecule is CS(=O)(=O)N1CCCc2cc(C(=O)N3CCCc4c(N)cccc43)ccc21. The number of nitrogen functional groups attached to an aromatic ring is 1. The lowest BCUT2D eigenvalue weighted by molar-refractivity contribution is 0.0985. The van der Waals surface area contributed by atoms with Gasteiger partial charge in [-0.25, -0.2) is 8.42 Å².